The predicted molar refractivity (Wildman–Crippen MR) is 72.7 cm³/mol. The Morgan fingerprint density at radius 1 is 0.909 bits per heavy atom. The molecule has 0 bridgehead atoms. The van der Waals surface area contributed by atoms with Gasteiger partial charge in [0.25, 0.3) is 0 Å². The SMILES string of the molecule is COC(=O)Nc1ncc(C(=O)c2cnc(NC(=O)OC)[nH]2)[nH]1. The number of H-pyrrole nitrogens is 2. The number of ether oxygens (including phenoxy) is 2. The fraction of sp³-hybridized carbons (Fsp3) is 0.182. The second-order valence-corrected chi connectivity index (χ2v) is 3.85. The maximum absolute atomic E-state index is 12.2. The molecule has 11 heteroatoms. The molecule has 0 radical (unpaired) electrons. The van der Waals surface area contributed by atoms with Crippen LogP contribution in [0.2, 0.25) is 0 Å². The number of anilines is 2. The number of hydrogen-bond acceptors (Lipinski definition) is 7. The van der Waals surface area contributed by atoms with Gasteiger partial charge in [0.2, 0.25) is 17.7 Å². The second kappa shape index (κ2) is 6.39. The number of carbonyl (C=O) groups excluding carboxylic acids is 3. The number of nitrogens with one attached hydrogen (secondary N) is 4. The van der Waals surface area contributed by atoms with Gasteiger partial charge in [0, 0.05) is 0 Å². The minimum absolute atomic E-state index is 0.0580. The zero-order valence-electron chi connectivity index (χ0n) is 11.6. The van der Waals surface area contributed by atoms with Crippen molar-refractivity contribution in [1.82, 2.24) is 19.9 Å². The molecule has 11 nitrogen and oxygen atoms in total. The van der Waals surface area contributed by atoms with E-state index in [4.69, 9.17) is 0 Å². The number of amides is 2. The van der Waals surface area contributed by atoms with Gasteiger partial charge in [-0.05, 0) is 0 Å². The van der Waals surface area contributed by atoms with Crippen LogP contribution in [-0.4, -0.2) is 52.1 Å². The van der Waals surface area contributed by atoms with Crippen LogP contribution in [-0.2, 0) is 9.47 Å². The second-order valence-electron chi connectivity index (χ2n) is 3.85. The molecule has 0 unspecified atom stereocenters. The van der Waals surface area contributed by atoms with Crippen molar-refractivity contribution in [1.29, 1.82) is 0 Å². The molecule has 0 aliphatic rings. The van der Waals surface area contributed by atoms with Crippen molar-refractivity contribution in [2.45, 2.75) is 0 Å². The summed E-state index contributed by atoms with van der Waals surface area (Å²) in [5.41, 5.74) is 0.222. The lowest BCUT2D eigenvalue weighted by Crippen LogP contribution is -2.12. The van der Waals surface area contributed by atoms with Crippen LogP contribution in [0.3, 0.4) is 0 Å². The molecular weight excluding hydrogens is 296 g/mol. The van der Waals surface area contributed by atoms with Crippen molar-refractivity contribution in [3.8, 4) is 0 Å². The quantitative estimate of drug-likeness (QED) is 0.607. The van der Waals surface area contributed by atoms with Gasteiger partial charge in [0.1, 0.15) is 11.4 Å². The van der Waals surface area contributed by atoms with Crippen LogP contribution in [0.5, 0.6) is 0 Å². The van der Waals surface area contributed by atoms with E-state index in [1.165, 1.54) is 26.6 Å². The lowest BCUT2D eigenvalue weighted by Gasteiger charge is -1.99. The predicted octanol–water partition coefficient (Wildman–Crippen LogP) is 0.720. The normalized spacial score (nSPS) is 9.91. The molecule has 0 spiro atoms. The Labute approximate surface area is 123 Å². The summed E-state index contributed by atoms with van der Waals surface area (Å²) in [6, 6.07) is 0. The summed E-state index contributed by atoms with van der Waals surface area (Å²) in [5, 5.41) is 4.56. The monoisotopic (exact) mass is 308 g/mol. The van der Waals surface area contributed by atoms with E-state index in [-0.39, 0.29) is 23.3 Å². The van der Waals surface area contributed by atoms with Gasteiger partial charge in [-0.25, -0.2) is 19.6 Å². The first kappa shape index (κ1) is 15.0. The highest BCUT2D eigenvalue weighted by Gasteiger charge is 2.16. The lowest BCUT2D eigenvalue weighted by molar-refractivity contribution is 0.103. The molecular formula is C11H12N6O5. The van der Waals surface area contributed by atoms with Gasteiger partial charge in [-0.3, -0.25) is 15.4 Å². The number of aromatic nitrogens is 4. The van der Waals surface area contributed by atoms with Crippen molar-refractivity contribution >= 4 is 29.9 Å². The highest BCUT2D eigenvalue weighted by molar-refractivity contribution is 6.06. The van der Waals surface area contributed by atoms with Crippen molar-refractivity contribution in [2.24, 2.45) is 0 Å². The third kappa shape index (κ3) is 3.39. The maximum atomic E-state index is 12.2. The maximum Gasteiger partial charge on any atom is 0.413 e. The number of hydrogen-bond donors (Lipinski definition) is 4. The van der Waals surface area contributed by atoms with Crippen LogP contribution < -0.4 is 10.6 Å². The third-order valence-corrected chi connectivity index (χ3v) is 2.45. The molecule has 2 heterocycles. The molecule has 0 saturated carbocycles. The van der Waals surface area contributed by atoms with Gasteiger partial charge in [0.05, 0.1) is 26.6 Å². The molecule has 0 aromatic carbocycles. The lowest BCUT2D eigenvalue weighted by atomic mass is 10.2. The Morgan fingerprint density at radius 3 is 1.68 bits per heavy atom. The number of imidazole rings is 2. The van der Waals surface area contributed by atoms with Gasteiger partial charge >= 0.3 is 12.2 Å². The van der Waals surface area contributed by atoms with E-state index in [9.17, 15) is 14.4 Å². The number of rotatable bonds is 4. The van der Waals surface area contributed by atoms with E-state index in [2.05, 4.69) is 40.0 Å². The average Bonchev–Trinajstić information content (AvgIpc) is 3.15. The van der Waals surface area contributed by atoms with Crippen LogP contribution in [0.25, 0.3) is 0 Å². The van der Waals surface area contributed by atoms with Crippen LogP contribution in [0.1, 0.15) is 16.2 Å². The first-order valence-electron chi connectivity index (χ1n) is 5.88. The average molecular weight is 308 g/mol. The van der Waals surface area contributed by atoms with Gasteiger partial charge < -0.3 is 19.4 Å². The van der Waals surface area contributed by atoms with E-state index in [1.54, 1.807) is 0 Å². The first-order chi connectivity index (χ1) is 10.5. The molecule has 0 atom stereocenters. The molecule has 22 heavy (non-hydrogen) atoms. The number of carbonyl (C=O) groups is 3. The minimum atomic E-state index is -0.723. The van der Waals surface area contributed by atoms with Crippen molar-refractivity contribution in [2.75, 3.05) is 24.9 Å². The Kier molecular flexibility index (Phi) is 4.36. The van der Waals surface area contributed by atoms with E-state index in [0.717, 1.165) is 0 Å². The fourth-order valence-corrected chi connectivity index (χ4v) is 1.44. The standard InChI is InChI=1S/C11H12N6O5/c1-21-10(19)16-8-12-3-5(14-8)7(18)6-4-13-9(15-6)17-11(20)22-2/h3-4H,1-2H3,(H2,12,14,16,19)(H2,13,15,17,20). The molecule has 0 aliphatic carbocycles. The molecule has 0 fully saturated rings. The molecule has 0 saturated heterocycles. The van der Waals surface area contributed by atoms with Crippen LogP contribution in [0, 0.1) is 0 Å². The number of aromatic amines is 2. The molecule has 2 amide bonds. The van der Waals surface area contributed by atoms with Crippen LogP contribution in [0.15, 0.2) is 12.4 Å². The van der Waals surface area contributed by atoms with E-state index < -0.39 is 18.0 Å². The molecule has 4 N–H and O–H groups in total. The van der Waals surface area contributed by atoms with Gasteiger partial charge in [-0.1, -0.05) is 0 Å². The molecule has 2 aromatic rings. The molecule has 2 rings (SSSR count). The molecule has 2 aromatic heterocycles. The highest BCUT2D eigenvalue weighted by Crippen LogP contribution is 2.10. The summed E-state index contributed by atoms with van der Waals surface area (Å²) in [4.78, 5) is 47.0. The fourth-order valence-electron chi connectivity index (χ4n) is 1.44. The van der Waals surface area contributed by atoms with Gasteiger partial charge in [-0.15, -0.1) is 0 Å². The summed E-state index contributed by atoms with van der Waals surface area (Å²) in [6.07, 6.45) is 1.03. The first-order valence-corrected chi connectivity index (χ1v) is 5.88. The highest BCUT2D eigenvalue weighted by atomic mass is 16.5. The number of nitrogens with zero attached hydrogens (tertiary/aromatic N) is 2. The van der Waals surface area contributed by atoms with E-state index in [1.807, 2.05) is 0 Å². The largest absolute Gasteiger partial charge is 0.453 e. The summed E-state index contributed by atoms with van der Waals surface area (Å²) < 4.78 is 8.79. The Balaban J connectivity index is 2.08. The Hall–Kier alpha value is -3.37. The summed E-state index contributed by atoms with van der Waals surface area (Å²) >= 11 is 0. The zero-order valence-corrected chi connectivity index (χ0v) is 11.6. The van der Waals surface area contributed by atoms with Crippen molar-refractivity contribution in [3.05, 3.63) is 23.8 Å². The third-order valence-electron chi connectivity index (χ3n) is 2.45. The van der Waals surface area contributed by atoms with Gasteiger partial charge in [0.15, 0.2) is 0 Å². The topological polar surface area (TPSA) is 151 Å². The van der Waals surface area contributed by atoms with Crippen LogP contribution >= 0.6 is 0 Å². The van der Waals surface area contributed by atoms with E-state index in [0.29, 0.717) is 0 Å². The Morgan fingerprint density at radius 2 is 1.32 bits per heavy atom. The van der Waals surface area contributed by atoms with E-state index >= 15 is 0 Å². The minimum Gasteiger partial charge on any atom is -0.453 e. The van der Waals surface area contributed by atoms with Crippen molar-refractivity contribution in [3.63, 3.8) is 0 Å². The summed E-state index contributed by atoms with van der Waals surface area (Å²) in [6.45, 7) is 0. The Bertz CT molecular complexity index is 647. The summed E-state index contributed by atoms with van der Waals surface area (Å²) in [5.74, 6) is -0.346. The molecule has 0 aliphatic heterocycles. The smallest absolute Gasteiger partial charge is 0.413 e. The molecule has 116 valence electrons. The zero-order chi connectivity index (χ0) is 16.1. The van der Waals surface area contributed by atoms with Gasteiger partial charge in [-0.2, -0.15) is 0 Å². The van der Waals surface area contributed by atoms with Crippen LogP contribution in [0.4, 0.5) is 21.5 Å². The van der Waals surface area contributed by atoms with Crippen molar-refractivity contribution < 1.29 is 23.9 Å². The number of methoxy groups -OCH3 is 2. The summed E-state index contributed by atoms with van der Waals surface area (Å²) in [7, 11) is 2.40. The number of ketones is 1.